The number of thiazole rings is 1. The minimum atomic E-state index is 0.112. The monoisotopic (exact) mass is 296 g/mol. The predicted molar refractivity (Wildman–Crippen MR) is 80.0 cm³/mol. The molecule has 2 heterocycles. The minimum Gasteiger partial charge on any atom is -0.315 e. The van der Waals surface area contributed by atoms with Crippen LogP contribution in [0.4, 0.5) is 0 Å². The highest BCUT2D eigenvalue weighted by atomic mass is 35.5. The molecule has 2 aromatic rings. The summed E-state index contributed by atoms with van der Waals surface area (Å²) in [7, 11) is 0. The standard InChI is InChI=1S/C14H17ClN2OS/c1-11-5-4-8-17(14(11)18)7-3-2-6-13-16-12(9-15)10-19-13/h4-5,8,10H,2-3,6-7,9H2,1H3. The molecule has 19 heavy (non-hydrogen) atoms. The van der Waals surface area contributed by atoms with E-state index in [1.165, 1.54) is 0 Å². The Balaban J connectivity index is 1.80. The number of aryl methyl sites for hydroxylation is 3. The Morgan fingerprint density at radius 3 is 3.00 bits per heavy atom. The second-order valence-corrected chi connectivity index (χ2v) is 5.72. The molecule has 0 aliphatic rings. The molecule has 0 aliphatic heterocycles. The smallest absolute Gasteiger partial charge is 0.253 e. The van der Waals surface area contributed by atoms with E-state index in [0.29, 0.717) is 5.88 Å². The van der Waals surface area contributed by atoms with Crippen LogP contribution in [0.2, 0.25) is 0 Å². The van der Waals surface area contributed by atoms with E-state index in [4.69, 9.17) is 11.6 Å². The fraction of sp³-hybridized carbons (Fsp3) is 0.429. The minimum absolute atomic E-state index is 0.112. The number of nitrogens with zero attached hydrogens (tertiary/aromatic N) is 2. The van der Waals surface area contributed by atoms with Gasteiger partial charge in [-0.25, -0.2) is 4.98 Å². The Kier molecular flexibility index (Phi) is 5.16. The number of pyridine rings is 1. The molecule has 3 nitrogen and oxygen atoms in total. The molecule has 0 N–H and O–H groups in total. The summed E-state index contributed by atoms with van der Waals surface area (Å²) >= 11 is 7.38. The van der Waals surface area contributed by atoms with Gasteiger partial charge in [0, 0.05) is 23.7 Å². The lowest BCUT2D eigenvalue weighted by Crippen LogP contribution is -2.21. The van der Waals surface area contributed by atoms with Gasteiger partial charge in [0.25, 0.3) is 5.56 Å². The number of aromatic nitrogens is 2. The predicted octanol–water partition coefficient (Wildman–Crippen LogP) is 3.37. The van der Waals surface area contributed by atoms with Crippen LogP contribution in [0.15, 0.2) is 28.5 Å². The lowest BCUT2D eigenvalue weighted by atomic mass is 10.2. The maximum absolute atomic E-state index is 11.8. The number of hydrogen-bond acceptors (Lipinski definition) is 3. The average molecular weight is 297 g/mol. The second-order valence-electron chi connectivity index (χ2n) is 4.51. The van der Waals surface area contributed by atoms with Crippen molar-refractivity contribution in [3.05, 3.63) is 50.3 Å². The Labute approximate surface area is 121 Å². The highest BCUT2D eigenvalue weighted by Crippen LogP contribution is 2.14. The van der Waals surface area contributed by atoms with Gasteiger partial charge in [-0.1, -0.05) is 6.07 Å². The normalized spacial score (nSPS) is 10.8. The summed E-state index contributed by atoms with van der Waals surface area (Å²) in [5.41, 5.74) is 1.87. The fourth-order valence-electron chi connectivity index (χ4n) is 1.92. The molecule has 0 spiro atoms. The van der Waals surface area contributed by atoms with Gasteiger partial charge in [-0.3, -0.25) is 4.79 Å². The first-order chi connectivity index (χ1) is 9.20. The van der Waals surface area contributed by atoms with Crippen LogP contribution >= 0.6 is 22.9 Å². The third kappa shape index (κ3) is 3.91. The van der Waals surface area contributed by atoms with Crippen LogP contribution in [-0.2, 0) is 18.8 Å². The zero-order valence-electron chi connectivity index (χ0n) is 10.9. The largest absolute Gasteiger partial charge is 0.315 e. The molecule has 5 heteroatoms. The summed E-state index contributed by atoms with van der Waals surface area (Å²) in [4.78, 5) is 16.2. The van der Waals surface area contributed by atoms with E-state index in [2.05, 4.69) is 4.98 Å². The van der Waals surface area contributed by atoms with Crippen molar-refractivity contribution < 1.29 is 0 Å². The summed E-state index contributed by atoms with van der Waals surface area (Å²) in [6.45, 7) is 2.62. The van der Waals surface area contributed by atoms with Crippen LogP contribution in [-0.4, -0.2) is 9.55 Å². The SMILES string of the molecule is Cc1cccn(CCCCc2nc(CCl)cs2)c1=O. The van der Waals surface area contributed by atoms with E-state index in [9.17, 15) is 4.79 Å². The highest BCUT2D eigenvalue weighted by molar-refractivity contribution is 7.09. The van der Waals surface area contributed by atoms with E-state index in [-0.39, 0.29) is 5.56 Å². The van der Waals surface area contributed by atoms with Gasteiger partial charge in [-0.15, -0.1) is 22.9 Å². The van der Waals surface area contributed by atoms with Crippen molar-refractivity contribution in [3.63, 3.8) is 0 Å². The third-order valence-electron chi connectivity index (χ3n) is 2.99. The Bertz CT molecular complexity index is 591. The van der Waals surface area contributed by atoms with Gasteiger partial charge in [-0.05, 0) is 32.3 Å². The number of rotatable bonds is 6. The van der Waals surface area contributed by atoms with E-state index in [0.717, 1.165) is 42.1 Å². The first-order valence-corrected chi connectivity index (χ1v) is 7.77. The third-order valence-corrected chi connectivity index (χ3v) is 4.22. The van der Waals surface area contributed by atoms with Crippen LogP contribution in [0.5, 0.6) is 0 Å². The van der Waals surface area contributed by atoms with E-state index >= 15 is 0 Å². The van der Waals surface area contributed by atoms with Gasteiger partial charge in [0.1, 0.15) is 0 Å². The van der Waals surface area contributed by atoms with Crippen LogP contribution < -0.4 is 5.56 Å². The zero-order valence-corrected chi connectivity index (χ0v) is 12.5. The number of alkyl halides is 1. The molecule has 0 radical (unpaired) electrons. The van der Waals surface area contributed by atoms with Crippen molar-refractivity contribution in [2.24, 2.45) is 0 Å². The number of unbranched alkanes of at least 4 members (excludes halogenated alkanes) is 1. The molecule has 2 rings (SSSR count). The molecule has 0 bridgehead atoms. The van der Waals surface area contributed by atoms with Crippen molar-refractivity contribution in [1.82, 2.24) is 9.55 Å². The molecular weight excluding hydrogens is 280 g/mol. The molecule has 0 aliphatic carbocycles. The molecule has 0 fully saturated rings. The molecule has 0 aromatic carbocycles. The first-order valence-electron chi connectivity index (χ1n) is 6.36. The zero-order chi connectivity index (χ0) is 13.7. The van der Waals surface area contributed by atoms with Crippen LogP contribution in [0, 0.1) is 6.92 Å². The van der Waals surface area contributed by atoms with Crippen LogP contribution in [0.25, 0.3) is 0 Å². The van der Waals surface area contributed by atoms with Gasteiger partial charge < -0.3 is 4.57 Å². The fourth-order valence-corrected chi connectivity index (χ4v) is 2.99. The van der Waals surface area contributed by atoms with Crippen molar-refractivity contribution in [2.45, 2.75) is 38.6 Å². The van der Waals surface area contributed by atoms with Gasteiger partial charge in [0.2, 0.25) is 0 Å². The summed E-state index contributed by atoms with van der Waals surface area (Å²) in [6, 6.07) is 3.77. The maximum atomic E-state index is 11.8. The topological polar surface area (TPSA) is 34.9 Å². The highest BCUT2D eigenvalue weighted by Gasteiger charge is 2.02. The van der Waals surface area contributed by atoms with Crippen molar-refractivity contribution >= 4 is 22.9 Å². The first kappa shape index (κ1) is 14.3. The molecule has 102 valence electrons. The van der Waals surface area contributed by atoms with Crippen LogP contribution in [0.1, 0.15) is 29.1 Å². The molecule has 2 aromatic heterocycles. The lowest BCUT2D eigenvalue weighted by molar-refractivity contribution is 0.590. The Morgan fingerprint density at radius 1 is 1.42 bits per heavy atom. The van der Waals surface area contributed by atoms with E-state index in [1.54, 1.807) is 15.9 Å². The summed E-state index contributed by atoms with van der Waals surface area (Å²) in [6.07, 6.45) is 4.83. The molecule has 0 saturated heterocycles. The molecule has 0 amide bonds. The summed E-state index contributed by atoms with van der Waals surface area (Å²) < 4.78 is 1.78. The molecule has 0 saturated carbocycles. The van der Waals surface area contributed by atoms with Crippen molar-refractivity contribution in [3.8, 4) is 0 Å². The van der Waals surface area contributed by atoms with Gasteiger partial charge in [0.15, 0.2) is 0 Å². The summed E-state index contributed by atoms with van der Waals surface area (Å²) in [5, 5.41) is 3.14. The van der Waals surface area contributed by atoms with Gasteiger partial charge in [0.05, 0.1) is 16.6 Å². The Morgan fingerprint density at radius 2 is 2.26 bits per heavy atom. The van der Waals surface area contributed by atoms with Gasteiger partial charge >= 0.3 is 0 Å². The van der Waals surface area contributed by atoms with Crippen molar-refractivity contribution in [2.75, 3.05) is 0 Å². The summed E-state index contributed by atoms with van der Waals surface area (Å²) in [5.74, 6) is 0.481. The number of hydrogen-bond donors (Lipinski definition) is 0. The van der Waals surface area contributed by atoms with Crippen LogP contribution in [0.3, 0.4) is 0 Å². The lowest BCUT2D eigenvalue weighted by Gasteiger charge is -2.05. The average Bonchev–Trinajstić information content (AvgIpc) is 2.87. The quantitative estimate of drug-likeness (QED) is 0.605. The second kappa shape index (κ2) is 6.87. The van der Waals surface area contributed by atoms with E-state index < -0.39 is 0 Å². The Hall–Kier alpha value is -1.13. The maximum Gasteiger partial charge on any atom is 0.253 e. The molecule has 0 atom stereocenters. The van der Waals surface area contributed by atoms with Crippen molar-refractivity contribution in [1.29, 1.82) is 0 Å². The molecule has 0 unspecified atom stereocenters. The van der Waals surface area contributed by atoms with Gasteiger partial charge in [-0.2, -0.15) is 0 Å². The van der Waals surface area contributed by atoms with E-state index in [1.807, 2.05) is 30.6 Å². The molecular formula is C14H17ClN2OS. The number of halogens is 1.